The average Bonchev–Trinajstić information content (AvgIpc) is 2.50. The van der Waals surface area contributed by atoms with Gasteiger partial charge in [-0.2, -0.15) is 0 Å². The Labute approximate surface area is 150 Å². The highest BCUT2D eigenvalue weighted by Crippen LogP contribution is 2.08. The van der Waals surface area contributed by atoms with Gasteiger partial charge in [-0.25, -0.2) is 4.79 Å². The van der Waals surface area contributed by atoms with E-state index in [9.17, 15) is 9.59 Å². The van der Waals surface area contributed by atoms with Crippen LogP contribution in [0.5, 0.6) is 0 Å². The molecule has 1 rings (SSSR count). The summed E-state index contributed by atoms with van der Waals surface area (Å²) in [5.41, 5.74) is 0.683. The number of carbonyl (C=O) groups is 2. The van der Waals surface area contributed by atoms with Gasteiger partial charge in [-0.3, -0.25) is 9.69 Å². The van der Waals surface area contributed by atoms with Crippen molar-refractivity contribution >= 4 is 12.1 Å². The lowest BCUT2D eigenvalue weighted by Gasteiger charge is -2.24. The average molecular weight is 350 g/mol. The summed E-state index contributed by atoms with van der Waals surface area (Å²) in [5, 5.41) is 11.5. The largest absolute Gasteiger partial charge is 0.481 e. The Bertz CT molecular complexity index is 526. The molecule has 6 heteroatoms. The zero-order valence-electron chi connectivity index (χ0n) is 15.5. The van der Waals surface area contributed by atoms with Crippen molar-refractivity contribution < 1.29 is 19.4 Å². The van der Waals surface area contributed by atoms with Gasteiger partial charge in [0, 0.05) is 26.1 Å². The highest BCUT2D eigenvalue weighted by atomic mass is 16.6. The number of carboxylic acids is 1. The minimum absolute atomic E-state index is 0.190. The van der Waals surface area contributed by atoms with Gasteiger partial charge in [0.15, 0.2) is 0 Å². The van der Waals surface area contributed by atoms with Gasteiger partial charge in [-0.1, -0.05) is 30.3 Å². The summed E-state index contributed by atoms with van der Waals surface area (Å²) in [6.07, 6.45) is 1.24. The van der Waals surface area contributed by atoms with E-state index in [4.69, 9.17) is 9.84 Å². The zero-order chi connectivity index (χ0) is 18.7. The number of ether oxygens (including phenoxy) is 1. The van der Waals surface area contributed by atoms with E-state index in [1.165, 1.54) is 5.56 Å². The number of hydrogen-bond acceptors (Lipinski definition) is 4. The van der Waals surface area contributed by atoms with E-state index >= 15 is 0 Å². The summed E-state index contributed by atoms with van der Waals surface area (Å²) >= 11 is 0. The number of amides is 1. The van der Waals surface area contributed by atoms with Crippen LogP contribution in [0.25, 0.3) is 0 Å². The van der Waals surface area contributed by atoms with Crippen molar-refractivity contribution in [3.05, 3.63) is 35.9 Å². The number of nitrogens with one attached hydrogen (secondary N) is 1. The fourth-order valence-electron chi connectivity index (χ4n) is 2.35. The van der Waals surface area contributed by atoms with Gasteiger partial charge in [-0.15, -0.1) is 0 Å². The van der Waals surface area contributed by atoms with Gasteiger partial charge in [0.1, 0.15) is 5.60 Å². The maximum Gasteiger partial charge on any atom is 0.407 e. The van der Waals surface area contributed by atoms with Crippen molar-refractivity contribution in [3.63, 3.8) is 0 Å². The second-order valence-corrected chi connectivity index (χ2v) is 7.04. The molecule has 0 bridgehead atoms. The first-order valence-electron chi connectivity index (χ1n) is 8.71. The van der Waals surface area contributed by atoms with Crippen LogP contribution in [0.2, 0.25) is 0 Å². The predicted molar refractivity (Wildman–Crippen MR) is 97.4 cm³/mol. The third kappa shape index (κ3) is 11.2. The number of rotatable bonds is 10. The number of unbranched alkanes of at least 4 members (excludes halogenated alkanes) is 1. The normalized spacial score (nSPS) is 11.4. The van der Waals surface area contributed by atoms with Crippen LogP contribution in [-0.2, 0) is 16.1 Å². The van der Waals surface area contributed by atoms with E-state index in [1.54, 1.807) is 0 Å². The molecule has 0 unspecified atom stereocenters. The van der Waals surface area contributed by atoms with Crippen LogP contribution in [0.3, 0.4) is 0 Å². The molecule has 2 N–H and O–H groups in total. The summed E-state index contributed by atoms with van der Waals surface area (Å²) < 4.78 is 5.23. The smallest absolute Gasteiger partial charge is 0.407 e. The van der Waals surface area contributed by atoms with Gasteiger partial charge >= 0.3 is 12.1 Å². The monoisotopic (exact) mass is 350 g/mol. The van der Waals surface area contributed by atoms with Crippen LogP contribution in [0.15, 0.2) is 30.3 Å². The van der Waals surface area contributed by atoms with Gasteiger partial charge in [-0.05, 0) is 45.7 Å². The number of nitrogens with zero attached hydrogens (tertiary/aromatic N) is 1. The zero-order valence-corrected chi connectivity index (χ0v) is 15.5. The minimum atomic E-state index is -0.763. The molecular formula is C19H30N2O4. The highest BCUT2D eigenvalue weighted by molar-refractivity contribution is 5.67. The van der Waals surface area contributed by atoms with Crippen molar-refractivity contribution in [3.8, 4) is 0 Å². The highest BCUT2D eigenvalue weighted by Gasteiger charge is 2.16. The molecule has 1 aromatic carbocycles. The van der Waals surface area contributed by atoms with Crippen molar-refractivity contribution in [1.29, 1.82) is 0 Å². The number of aliphatic carboxylic acids is 1. The van der Waals surface area contributed by atoms with E-state index < -0.39 is 17.7 Å². The molecule has 0 aromatic heterocycles. The molecule has 0 atom stereocenters. The van der Waals surface area contributed by atoms with Crippen molar-refractivity contribution in [2.45, 2.75) is 52.2 Å². The summed E-state index contributed by atoms with van der Waals surface area (Å²) in [7, 11) is 0. The van der Waals surface area contributed by atoms with E-state index in [0.29, 0.717) is 19.5 Å². The molecule has 0 aliphatic carbocycles. The second-order valence-electron chi connectivity index (χ2n) is 7.04. The van der Waals surface area contributed by atoms with Crippen LogP contribution >= 0.6 is 0 Å². The molecule has 1 amide bonds. The maximum atomic E-state index is 11.7. The lowest BCUT2D eigenvalue weighted by atomic mass is 10.2. The van der Waals surface area contributed by atoms with Crippen molar-refractivity contribution in [2.24, 2.45) is 0 Å². The molecule has 0 fully saturated rings. The van der Waals surface area contributed by atoms with Crippen LogP contribution < -0.4 is 5.32 Å². The summed E-state index contributed by atoms with van der Waals surface area (Å²) in [6.45, 7) is 8.22. The van der Waals surface area contributed by atoms with E-state index in [-0.39, 0.29) is 6.42 Å². The Hall–Kier alpha value is -2.08. The second kappa shape index (κ2) is 10.7. The summed E-state index contributed by atoms with van der Waals surface area (Å²) in [4.78, 5) is 24.6. The number of alkyl carbamates (subject to hydrolysis) is 1. The molecule has 0 heterocycles. The van der Waals surface area contributed by atoms with Crippen LogP contribution in [0.4, 0.5) is 4.79 Å². The standard InChI is InChI=1S/C19H30N2O4/c1-19(2,3)25-18(24)20-12-14-21(13-8-7-11-17(22)23)15-16-9-5-4-6-10-16/h4-6,9-10H,7-8,11-15H2,1-3H3,(H,20,24)(H,22,23). The van der Waals surface area contributed by atoms with Crippen LogP contribution in [0, 0.1) is 0 Å². The predicted octanol–water partition coefficient (Wildman–Crippen LogP) is 3.27. The number of benzene rings is 1. The summed E-state index contributed by atoms with van der Waals surface area (Å²) in [5.74, 6) is -0.763. The van der Waals surface area contributed by atoms with Crippen LogP contribution in [0.1, 0.15) is 45.6 Å². The number of carboxylic acid groups (broad SMARTS) is 1. The van der Waals surface area contributed by atoms with Crippen LogP contribution in [-0.4, -0.2) is 47.3 Å². The third-order valence-electron chi connectivity index (χ3n) is 3.46. The lowest BCUT2D eigenvalue weighted by molar-refractivity contribution is -0.137. The van der Waals surface area contributed by atoms with Gasteiger partial charge in [0.05, 0.1) is 0 Å². The minimum Gasteiger partial charge on any atom is -0.481 e. The third-order valence-corrected chi connectivity index (χ3v) is 3.46. The lowest BCUT2D eigenvalue weighted by Crippen LogP contribution is -2.38. The first-order valence-corrected chi connectivity index (χ1v) is 8.71. The molecule has 0 spiro atoms. The number of hydrogen-bond donors (Lipinski definition) is 2. The Balaban J connectivity index is 2.44. The molecule has 6 nitrogen and oxygen atoms in total. The van der Waals surface area contributed by atoms with Gasteiger partial charge in [0.2, 0.25) is 0 Å². The Morgan fingerprint density at radius 2 is 1.80 bits per heavy atom. The molecule has 0 saturated carbocycles. The Morgan fingerprint density at radius 1 is 1.12 bits per heavy atom. The molecule has 0 aliphatic rings. The molecule has 0 aliphatic heterocycles. The first-order chi connectivity index (χ1) is 11.8. The number of carbonyl (C=O) groups excluding carboxylic acids is 1. The molecule has 140 valence electrons. The van der Waals surface area contributed by atoms with Gasteiger partial charge < -0.3 is 15.2 Å². The van der Waals surface area contributed by atoms with E-state index in [2.05, 4.69) is 22.3 Å². The van der Waals surface area contributed by atoms with Crippen molar-refractivity contribution in [2.75, 3.05) is 19.6 Å². The van der Waals surface area contributed by atoms with Gasteiger partial charge in [0.25, 0.3) is 0 Å². The molecule has 25 heavy (non-hydrogen) atoms. The Kier molecular flexibility index (Phi) is 8.99. The molecule has 0 saturated heterocycles. The summed E-state index contributed by atoms with van der Waals surface area (Å²) in [6, 6.07) is 10.1. The quantitative estimate of drug-likeness (QED) is 0.633. The Morgan fingerprint density at radius 3 is 2.40 bits per heavy atom. The van der Waals surface area contributed by atoms with Crippen molar-refractivity contribution in [1.82, 2.24) is 10.2 Å². The fourth-order valence-corrected chi connectivity index (χ4v) is 2.35. The fraction of sp³-hybridized carbons (Fsp3) is 0.579. The molecule has 1 aromatic rings. The molecular weight excluding hydrogens is 320 g/mol. The topological polar surface area (TPSA) is 78.9 Å². The molecule has 0 radical (unpaired) electrons. The maximum absolute atomic E-state index is 11.7. The van der Waals surface area contributed by atoms with E-state index in [0.717, 1.165) is 19.5 Å². The SMILES string of the molecule is CC(C)(C)OC(=O)NCCN(CCCCC(=O)O)Cc1ccccc1. The first kappa shape index (κ1) is 21.0. The van der Waals surface area contributed by atoms with E-state index in [1.807, 2.05) is 39.0 Å².